The van der Waals surface area contributed by atoms with Crippen LogP contribution in [0.4, 0.5) is 5.69 Å². The Balaban J connectivity index is 1.68. The zero-order valence-electron chi connectivity index (χ0n) is 10.9. The van der Waals surface area contributed by atoms with Gasteiger partial charge in [0.05, 0.1) is 4.90 Å². The summed E-state index contributed by atoms with van der Waals surface area (Å²) in [5, 5.41) is 7.26. The monoisotopic (exact) mass is 308 g/mol. The van der Waals surface area contributed by atoms with Crippen molar-refractivity contribution >= 4 is 27.0 Å². The molecular weight excluding hydrogens is 292 g/mol. The Hall–Kier alpha value is -1.37. The molecule has 106 valence electrons. The molecular formula is C14H16N2O2S2. The van der Waals surface area contributed by atoms with Gasteiger partial charge in [0.15, 0.2) is 0 Å². The molecule has 0 unspecified atom stereocenters. The summed E-state index contributed by atoms with van der Waals surface area (Å²) >= 11 is 1.62. The van der Waals surface area contributed by atoms with E-state index in [1.54, 1.807) is 23.5 Å². The lowest BCUT2D eigenvalue weighted by atomic mass is 10.2. The van der Waals surface area contributed by atoms with Gasteiger partial charge in [-0.2, -0.15) is 11.3 Å². The van der Waals surface area contributed by atoms with Crippen LogP contribution in [0.25, 0.3) is 0 Å². The number of hydrogen-bond acceptors (Lipinski definition) is 4. The van der Waals surface area contributed by atoms with Gasteiger partial charge in [-0.15, -0.1) is 0 Å². The first kappa shape index (κ1) is 13.6. The van der Waals surface area contributed by atoms with Crippen LogP contribution in [0.5, 0.6) is 0 Å². The first-order chi connectivity index (χ1) is 9.65. The molecule has 0 spiro atoms. The SMILES string of the molecule is O=S(=O)(NCCc1ccsc1)c1ccc2c(c1)CCN2. The maximum absolute atomic E-state index is 12.2. The fourth-order valence-electron chi connectivity index (χ4n) is 2.30. The van der Waals surface area contributed by atoms with Gasteiger partial charge < -0.3 is 5.32 Å². The van der Waals surface area contributed by atoms with Gasteiger partial charge in [0, 0.05) is 18.8 Å². The first-order valence-electron chi connectivity index (χ1n) is 6.53. The second kappa shape index (κ2) is 5.55. The van der Waals surface area contributed by atoms with E-state index in [2.05, 4.69) is 10.0 Å². The summed E-state index contributed by atoms with van der Waals surface area (Å²) in [5.74, 6) is 0. The summed E-state index contributed by atoms with van der Waals surface area (Å²) in [6.45, 7) is 1.30. The molecule has 1 aromatic carbocycles. The van der Waals surface area contributed by atoms with E-state index < -0.39 is 10.0 Å². The van der Waals surface area contributed by atoms with E-state index >= 15 is 0 Å². The Morgan fingerprint density at radius 3 is 3.00 bits per heavy atom. The van der Waals surface area contributed by atoms with Crippen molar-refractivity contribution in [1.29, 1.82) is 0 Å². The molecule has 4 nitrogen and oxygen atoms in total. The van der Waals surface area contributed by atoms with Gasteiger partial charge in [-0.25, -0.2) is 13.1 Å². The molecule has 0 aliphatic carbocycles. The van der Waals surface area contributed by atoms with Crippen LogP contribution in [0, 0.1) is 0 Å². The molecule has 0 fully saturated rings. The van der Waals surface area contributed by atoms with Crippen LogP contribution in [-0.4, -0.2) is 21.5 Å². The highest BCUT2D eigenvalue weighted by molar-refractivity contribution is 7.89. The minimum absolute atomic E-state index is 0.352. The normalized spacial score (nSPS) is 14.0. The van der Waals surface area contributed by atoms with Crippen molar-refractivity contribution in [2.75, 3.05) is 18.4 Å². The lowest BCUT2D eigenvalue weighted by Crippen LogP contribution is -2.26. The van der Waals surface area contributed by atoms with Gasteiger partial charge in [0.2, 0.25) is 10.0 Å². The van der Waals surface area contributed by atoms with Crippen LogP contribution in [0.15, 0.2) is 39.9 Å². The molecule has 0 saturated heterocycles. The summed E-state index contributed by atoms with van der Waals surface area (Å²) in [5.41, 5.74) is 3.28. The number of rotatable bonds is 5. The molecule has 1 aromatic heterocycles. The number of sulfonamides is 1. The molecule has 1 aliphatic rings. The highest BCUT2D eigenvalue weighted by Gasteiger charge is 2.17. The van der Waals surface area contributed by atoms with Crippen molar-refractivity contribution in [3.05, 3.63) is 46.2 Å². The highest BCUT2D eigenvalue weighted by Crippen LogP contribution is 2.24. The molecule has 6 heteroatoms. The van der Waals surface area contributed by atoms with E-state index in [9.17, 15) is 8.42 Å². The Morgan fingerprint density at radius 2 is 2.20 bits per heavy atom. The summed E-state index contributed by atoms with van der Waals surface area (Å²) in [6.07, 6.45) is 1.60. The third-order valence-corrected chi connectivity index (χ3v) is 5.57. The predicted octanol–water partition coefficient (Wildman–Crippen LogP) is 2.24. The van der Waals surface area contributed by atoms with Crippen molar-refractivity contribution in [3.8, 4) is 0 Å². The molecule has 0 atom stereocenters. The first-order valence-corrected chi connectivity index (χ1v) is 8.95. The number of nitrogens with one attached hydrogen (secondary N) is 2. The van der Waals surface area contributed by atoms with Crippen LogP contribution < -0.4 is 10.0 Å². The zero-order chi connectivity index (χ0) is 14.0. The number of thiophene rings is 1. The number of hydrogen-bond donors (Lipinski definition) is 2. The average Bonchev–Trinajstić information content (AvgIpc) is 3.08. The molecule has 1 aliphatic heterocycles. The molecule has 3 rings (SSSR count). The Labute approximate surface area is 122 Å². The van der Waals surface area contributed by atoms with Gasteiger partial charge in [-0.05, 0) is 59.0 Å². The van der Waals surface area contributed by atoms with Crippen LogP contribution in [0.1, 0.15) is 11.1 Å². The number of anilines is 1. The van der Waals surface area contributed by atoms with Gasteiger partial charge >= 0.3 is 0 Å². The molecule has 0 saturated carbocycles. The molecule has 2 aromatic rings. The average molecular weight is 308 g/mol. The van der Waals surface area contributed by atoms with Crippen LogP contribution in [0.2, 0.25) is 0 Å². The second-order valence-electron chi connectivity index (χ2n) is 4.78. The van der Waals surface area contributed by atoms with Crippen LogP contribution in [0.3, 0.4) is 0 Å². The molecule has 2 N–H and O–H groups in total. The van der Waals surface area contributed by atoms with Gasteiger partial charge in [0.25, 0.3) is 0 Å². The maximum Gasteiger partial charge on any atom is 0.240 e. The Kier molecular flexibility index (Phi) is 3.78. The van der Waals surface area contributed by atoms with Crippen molar-refractivity contribution < 1.29 is 8.42 Å². The van der Waals surface area contributed by atoms with E-state index in [1.807, 2.05) is 22.9 Å². The van der Waals surface area contributed by atoms with Crippen molar-refractivity contribution in [3.63, 3.8) is 0 Å². The molecule has 0 radical (unpaired) electrons. The fraction of sp³-hybridized carbons (Fsp3) is 0.286. The number of benzene rings is 1. The Morgan fingerprint density at radius 1 is 1.30 bits per heavy atom. The summed E-state index contributed by atoms with van der Waals surface area (Å²) in [7, 11) is -3.41. The van der Waals surface area contributed by atoms with Gasteiger partial charge in [0.1, 0.15) is 0 Å². The lowest BCUT2D eigenvalue weighted by Gasteiger charge is -2.08. The molecule has 0 amide bonds. The Bertz CT molecular complexity index is 694. The molecule has 20 heavy (non-hydrogen) atoms. The smallest absolute Gasteiger partial charge is 0.240 e. The predicted molar refractivity (Wildman–Crippen MR) is 81.8 cm³/mol. The minimum atomic E-state index is -3.41. The fourth-order valence-corrected chi connectivity index (χ4v) is 4.08. The highest BCUT2D eigenvalue weighted by atomic mass is 32.2. The minimum Gasteiger partial charge on any atom is -0.384 e. The second-order valence-corrected chi connectivity index (χ2v) is 7.32. The topological polar surface area (TPSA) is 58.2 Å². The summed E-state index contributed by atoms with van der Waals surface area (Å²) in [6, 6.07) is 7.28. The largest absolute Gasteiger partial charge is 0.384 e. The zero-order valence-corrected chi connectivity index (χ0v) is 12.6. The third-order valence-electron chi connectivity index (χ3n) is 3.38. The van der Waals surface area contributed by atoms with Crippen LogP contribution >= 0.6 is 11.3 Å². The maximum atomic E-state index is 12.2. The van der Waals surface area contributed by atoms with Crippen molar-refractivity contribution in [1.82, 2.24) is 4.72 Å². The van der Waals surface area contributed by atoms with Crippen molar-refractivity contribution in [2.45, 2.75) is 17.7 Å². The van der Waals surface area contributed by atoms with E-state index in [1.165, 1.54) is 0 Å². The quantitative estimate of drug-likeness (QED) is 0.890. The standard InChI is InChI=1S/C14H16N2O2S2/c17-20(18,16-7-3-11-5-8-19-10-11)13-1-2-14-12(9-13)4-6-15-14/h1-2,5,8-10,15-16H,3-4,6-7H2. The molecule has 0 bridgehead atoms. The lowest BCUT2D eigenvalue weighted by molar-refractivity contribution is 0.581. The number of fused-ring (bicyclic) bond motifs is 1. The van der Waals surface area contributed by atoms with E-state index in [0.29, 0.717) is 11.4 Å². The summed E-state index contributed by atoms with van der Waals surface area (Å²) < 4.78 is 27.1. The van der Waals surface area contributed by atoms with E-state index in [4.69, 9.17) is 0 Å². The van der Waals surface area contributed by atoms with Crippen LogP contribution in [-0.2, 0) is 22.9 Å². The van der Waals surface area contributed by atoms with Gasteiger partial charge in [-0.1, -0.05) is 0 Å². The van der Waals surface area contributed by atoms with Crippen molar-refractivity contribution in [2.24, 2.45) is 0 Å². The van der Waals surface area contributed by atoms with E-state index in [0.717, 1.165) is 36.2 Å². The molecule has 2 heterocycles. The van der Waals surface area contributed by atoms with E-state index in [-0.39, 0.29) is 0 Å². The third kappa shape index (κ3) is 2.87. The summed E-state index contributed by atoms with van der Waals surface area (Å²) in [4.78, 5) is 0.352. The van der Waals surface area contributed by atoms with Gasteiger partial charge in [-0.3, -0.25) is 0 Å².